The molecule has 0 saturated carbocycles. The van der Waals surface area contributed by atoms with Crippen LogP contribution in [0.15, 0.2) is 27.2 Å². The van der Waals surface area contributed by atoms with Crippen LogP contribution in [0.3, 0.4) is 0 Å². The highest BCUT2D eigenvalue weighted by Gasteiger charge is 2.16. The summed E-state index contributed by atoms with van der Waals surface area (Å²) in [6.45, 7) is 3.14. The molecule has 0 amide bonds. The maximum Gasteiger partial charge on any atom is 0.0469 e. The summed E-state index contributed by atoms with van der Waals surface area (Å²) in [4.78, 5) is 0. The van der Waals surface area contributed by atoms with Crippen LogP contribution in [-0.4, -0.2) is 6.54 Å². The van der Waals surface area contributed by atoms with Crippen molar-refractivity contribution in [3.8, 4) is 0 Å². The summed E-state index contributed by atoms with van der Waals surface area (Å²) < 4.78 is 2.44. The molecule has 1 N–H and O–H groups in total. The fourth-order valence-electron chi connectivity index (χ4n) is 1.97. The first-order valence-electron chi connectivity index (χ1n) is 5.63. The summed E-state index contributed by atoms with van der Waals surface area (Å²) in [6.07, 6.45) is 3.64. The smallest absolute Gasteiger partial charge is 0.0469 e. The Morgan fingerprint density at radius 3 is 2.88 bits per heavy atom. The van der Waals surface area contributed by atoms with Gasteiger partial charge in [-0.05, 0) is 36.6 Å². The Hall–Kier alpha value is -0.280. The van der Waals surface area contributed by atoms with Crippen LogP contribution in [0.2, 0.25) is 0 Å². The topological polar surface area (TPSA) is 12.0 Å². The van der Waals surface area contributed by atoms with E-state index in [1.807, 2.05) is 0 Å². The molecule has 0 aliphatic carbocycles. The molecule has 1 heterocycles. The first-order valence-corrected chi connectivity index (χ1v) is 7.22. The van der Waals surface area contributed by atoms with Crippen LogP contribution >= 0.6 is 31.9 Å². The Bertz CT molecular complexity index is 424. The van der Waals surface area contributed by atoms with Crippen molar-refractivity contribution in [1.29, 1.82) is 0 Å². The van der Waals surface area contributed by atoms with Crippen molar-refractivity contribution >= 4 is 43.1 Å². The molecule has 86 valence electrons. The van der Waals surface area contributed by atoms with Crippen LogP contribution in [0.4, 0.5) is 5.69 Å². The van der Waals surface area contributed by atoms with Gasteiger partial charge in [0.05, 0.1) is 0 Å². The van der Waals surface area contributed by atoms with Crippen LogP contribution in [0, 0.1) is 0 Å². The minimum atomic E-state index is 0.910. The Balaban J connectivity index is 2.38. The second-order valence-corrected chi connectivity index (χ2v) is 5.90. The predicted molar refractivity (Wildman–Crippen MR) is 78.0 cm³/mol. The van der Waals surface area contributed by atoms with Crippen LogP contribution < -0.4 is 5.32 Å². The van der Waals surface area contributed by atoms with E-state index in [1.165, 1.54) is 34.1 Å². The number of hydrogen-bond acceptors (Lipinski definition) is 1. The Labute approximate surface area is 114 Å². The standard InChI is InChI=1S/C13H15Br2N/c1-2-3-4-10-11-7-9(14)5-6-13(11)16-8-12(10)15/h5-7,16H,2-4,8H2,1H3. The average Bonchev–Trinajstić information content (AvgIpc) is 2.28. The van der Waals surface area contributed by atoms with Crippen molar-refractivity contribution in [3.63, 3.8) is 0 Å². The summed E-state index contributed by atoms with van der Waals surface area (Å²) in [7, 11) is 0. The third-order valence-electron chi connectivity index (χ3n) is 2.85. The van der Waals surface area contributed by atoms with Crippen molar-refractivity contribution in [2.75, 3.05) is 11.9 Å². The van der Waals surface area contributed by atoms with Gasteiger partial charge in [-0.1, -0.05) is 45.2 Å². The van der Waals surface area contributed by atoms with Gasteiger partial charge in [-0.2, -0.15) is 0 Å². The summed E-state index contributed by atoms with van der Waals surface area (Å²) in [5, 5.41) is 3.42. The van der Waals surface area contributed by atoms with E-state index in [4.69, 9.17) is 0 Å². The molecule has 0 atom stereocenters. The minimum Gasteiger partial charge on any atom is -0.380 e. The quantitative estimate of drug-likeness (QED) is 0.797. The Morgan fingerprint density at radius 1 is 1.31 bits per heavy atom. The van der Waals surface area contributed by atoms with Crippen LogP contribution in [0.1, 0.15) is 31.7 Å². The number of anilines is 1. The van der Waals surface area contributed by atoms with Gasteiger partial charge in [-0.3, -0.25) is 0 Å². The van der Waals surface area contributed by atoms with E-state index >= 15 is 0 Å². The molecule has 1 aliphatic rings. The van der Waals surface area contributed by atoms with Gasteiger partial charge in [0, 0.05) is 26.8 Å². The van der Waals surface area contributed by atoms with Crippen molar-refractivity contribution < 1.29 is 0 Å². The molecule has 0 bridgehead atoms. The van der Waals surface area contributed by atoms with Gasteiger partial charge < -0.3 is 5.32 Å². The molecule has 16 heavy (non-hydrogen) atoms. The third kappa shape index (κ3) is 2.51. The molecule has 0 spiro atoms. The zero-order valence-corrected chi connectivity index (χ0v) is 12.5. The number of benzene rings is 1. The number of fused-ring (bicyclic) bond motifs is 1. The number of hydrogen-bond donors (Lipinski definition) is 1. The molecule has 1 nitrogen and oxygen atoms in total. The van der Waals surface area contributed by atoms with E-state index < -0.39 is 0 Å². The molecule has 1 aromatic rings. The molecule has 1 aliphatic heterocycles. The van der Waals surface area contributed by atoms with Gasteiger partial charge in [-0.15, -0.1) is 0 Å². The second kappa shape index (κ2) is 5.37. The lowest BCUT2D eigenvalue weighted by Crippen LogP contribution is -2.11. The fourth-order valence-corrected chi connectivity index (χ4v) is 2.88. The third-order valence-corrected chi connectivity index (χ3v) is 4.10. The maximum absolute atomic E-state index is 3.68. The predicted octanol–water partition coefficient (Wildman–Crippen LogP) is 5.17. The summed E-state index contributed by atoms with van der Waals surface area (Å²) in [6, 6.07) is 6.43. The van der Waals surface area contributed by atoms with Gasteiger partial charge in [0.2, 0.25) is 0 Å². The first-order chi connectivity index (χ1) is 7.72. The zero-order chi connectivity index (χ0) is 11.5. The van der Waals surface area contributed by atoms with E-state index in [0.29, 0.717) is 0 Å². The van der Waals surface area contributed by atoms with Crippen molar-refractivity contribution in [3.05, 3.63) is 32.7 Å². The van der Waals surface area contributed by atoms with Crippen LogP contribution in [0.25, 0.3) is 5.57 Å². The first kappa shape index (κ1) is 12.2. The normalized spacial score (nSPS) is 14.7. The molecule has 0 saturated heterocycles. The molecular weight excluding hydrogens is 330 g/mol. The number of nitrogens with one attached hydrogen (secondary N) is 1. The number of halogens is 2. The fraction of sp³-hybridized carbons (Fsp3) is 0.385. The van der Waals surface area contributed by atoms with Crippen molar-refractivity contribution in [2.24, 2.45) is 0 Å². The number of unbranched alkanes of at least 4 members (excludes halogenated alkanes) is 1. The molecule has 0 aromatic heterocycles. The minimum absolute atomic E-state index is 0.910. The van der Waals surface area contributed by atoms with E-state index in [9.17, 15) is 0 Å². The molecule has 2 rings (SSSR count). The summed E-state index contributed by atoms with van der Waals surface area (Å²) in [5.74, 6) is 0. The molecule has 0 radical (unpaired) electrons. The summed E-state index contributed by atoms with van der Waals surface area (Å²) >= 11 is 7.22. The highest BCUT2D eigenvalue weighted by Crippen LogP contribution is 2.37. The monoisotopic (exact) mass is 343 g/mol. The van der Waals surface area contributed by atoms with Crippen LogP contribution in [-0.2, 0) is 0 Å². The molecule has 0 fully saturated rings. The molecular formula is C13H15Br2N. The maximum atomic E-state index is 3.68. The van der Waals surface area contributed by atoms with Gasteiger partial charge in [0.15, 0.2) is 0 Å². The van der Waals surface area contributed by atoms with Gasteiger partial charge in [-0.25, -0.2) is 0 Å². The number of allylic oxidation sites excluding steroid dienone is 1. The van der Waals surface area contributed by atoms with Gasteiger partial charge >= 0.3 is 0 Å². The van der Waals surface area contributed by atoms with E-state index in [-0.39, 0.29) is 0 Å². The lowest BCUT2D eigenvalue weighted by molar-refractivity contribution is 0.822. The molecule has 1 aromatic carbocycles. The highest BCUT2D eigenvalue weighted by atomic mass is 79.9. The zero-order valence-electron chi connectivity index (χ0n) is 9.32. The lowest BCUT2D eigenvalue weighted by Gasteiger charge is -2.22. The highest BCUT2D eigenvalue weighted by molar-refractivity contribution is 9.12. The SMILES string of the molecule is CCCCC1=C(Br)CNc2ccc(Br)cc21. The van der Waals surface area contributed by atoms with Crippen molar-refractivity contribution in [1.82, 2.24) is 0 Å². The van der Waals surface area contributed by atoms with Crippen LogP contribution in [0.5, 0.6) is 0 Å². The van der Waals surface area contributed by atoms with E-state index in [1.54, 1.807) is 0 Å². The Morgan fingerprint density at radius 2 is 2.12 bits per heavy atom. The second-order valence-electron chi connectivity index (χ2n) is 4.03. The lowest BCUT2D eigenvalue weighted by atomic mass is 9.96. The molecule has 0 unspecified atom stereocenters. The number of rotatable bonds is 3. The van der Waals surface area contributed by atoms with Gasteiger partial charge in [0.1, 0.15) is 0 Å². The van der Waals surface area contributed by atoms with E-state index in [2.05, 4.69) is 62.3 Å². The molecule has 3 heteroatoms. The largest absolute Gasteiger partial charge is 0.380 e. The van der Waals surface area contributed by atoms with Crippen molar-refractivity contribution in [2.45, 2.75) is 26.2 Å². The summed E-state index contributed by atoms with van der Waals surface area (Å²) in [5.41, 5.74) is 4.04. The Kier molecular flexibility index (Phi) is 4.09. The van der Waals surface area contributed by atoms with E-state index in [0.717, 1.165) is 17.4 Å². The average molecular weight is 345 g/mol. The van der Waals surface area contributed by atoms with Gasteiger partial charge in [0.25, 0.3) is 0 Å².